The summed E-state index contributed by atoms with van der Waals surface area (Å²) in [5.74, 6) is 0. The highest BCUT2D eigenvalue weighted by Crippen LogP contribution is 2.25. The number of hydrogen-bond donors (Lipinski definition) is 2. The third-order valence-electron chi connectivity index (χ3n) is 3.28. The molecule has 0 fully saturated rings. The minimum atomic E-state index is -3.60. The number of nitrogens with two attached hydrogens (primary N) is 1. The molecule has 114 valence electrons. The summed E-state index contributed by atoms with van der Waals surface area (Å²) < 4.78 is 27.7. The topological polar surface area (TPSA) is 85.1 Å². The van der Waals surface area contributed by atoms with Crippen LogP contribution in [0.25, 0.3) is 0 Å². The van der Waals surface area contributed by atoms with Crippen LogP contribution in [0, 0.1) is 0 Å². The Hall–Kier alpha value is -1.44. The molecule has 2 aromatic rings. The van der Waals surface area contributed by atoms with Crippen LogP contribution in [0.1, 0.15) is 30.7 Å². The molecule has 0 saturated heterocycles. The number of sulfonamides is 1. The maximum atomic E-state index is 12.5. The first kappa shape index (κ1) is 15.9. The molecule has 7 heteroatoms. The van der Waals surface area contributed by atoms with Gasteiger partial charge in [-0.05, 0) is 36.1 Å². The number of rotatable bonds is 6. The van der Waals surface area contributed by atoms with Crippen LogP contribution in [0.15, 0.2) is 27.9 Å². The summed E-state index contributed by atoms with van der Waals surface area (Å²) in [5, 5.41) is 1.82. The average Bonchev–Trinajstić information content (AvgIpc) is 2.97. The molecule has 0 aliphatic carbocycles. The van der Waals surface area contributed by atoms with E-state index in [0.29, 0.717) is 23.4 Å². The molecule has 21 heavy (non-hydrogen) atoms. The van der Waals surface area contributed by atoms with Gasteiger partial charge >= 0.3 is 0 Å². The Kier molecular flexibility index (Phi) is 4.97. The smallest absolute Gasteiger partial charge is 0.241 e. The average molecular weight is 325 g/mol. The third kappa shape index (κ3) is 3.61. The van der Waals surface area contributed by atoms with Crippen molar-refractivity contribution in [2.45, 2.75) is 38.1 Å². The van der Waals surface area contributed by atoms with Crippen LogP contribution in [-0.4, -0.2) is 13.4 Å². The highest BCUT2D eigenvalue weighted by molar-refractivity contribution is 7.89. The minimum Gasteiger partial charge on any atom is -0.398 e. The summed E-state index contributed by atoms with van der Waals surface area (Å²) in [6.45, 7) is 4.06. The summed E-state index contributed by atoms with van der Waals surface area (Å²) in [6.07, 6.45) is 1.31. The van der Waals surface area contributed by atoms with Gasteiger partial charge in [0, 0.05) is 11.1 Å². The van der Waals surface area contributed by atoms with Crippen molar-refractivity contribution in [3.63, 3.8) is 0 Å². The summed E-state index contributed by atoms with van der Waals surface area (Å²) in [4.78, 5) is 4.35. The molecule has 1 aromatic carbocycles. The zero-order valence-corrected chi connectivity index (χ0v) is 13.7. The number of thiazole rings is 1. The number of benzene rings is 1. The fourth-order valence-electron chi connectivity index (χ4n) is 2.12. The Morgan fingerprint density at radius 3 is 2.62 bits per heavy atom. The minimum absolute atomic E-state index is 0.186. The van der Waals surface area contributed by atoms with Gasteiger partial charge in [0.05, 0.1) is 22.6 Å². The number of aryl methyl sites for hydroxylation is 1. The van der Waals surface area contributed by atoms with E-state index in [1.54, 1.807) is 11.6 Å². The molecule has 0 aliphatic heterocycles. The van der Waals surface area contributed by atoms with Crippen molar-refractivity contribution in [1.82, 2.24) is 9.71 Å². The van der Waals surface area contributed by atoms with Gasteiger partial charge in [-0.2, -0.15) is 0 Å². The third-order valence-corrected chi connectivity index (χ3v) is 5.38. The highest BCUT2D eigenvalue weighted by Gasteiger charge is 2.20. The second-order valence-electron chi connectivity index (χ2n) is 4.67. The predicted octanol–water partition coefficient (Wildman–Crippen LogP) is 2.33. The number of nitrogens with zero attached hydrogens (tertiary/aromatic N) is 1. The van der Waals surface area contributed by atoms with Crippen LogP contribution in [0.5, 0.6) is 0 Å². The van der Waals surface area contributed by atoms with Crippen molar-refractivity contribution >= 4 is 27.0 Å². The van der Waals surface area contributed by atoms with Gasteiger partial charge in [0.15, 0.2) is 0 Å². The highest BCUT2D eigenvalue weighted by atomic mass is 32.2. The molecule has 0 bridgehead atoms. The van der Waals surface area contributed by atoms with E-state index in [0.717, 1.165) is 12.0 Å². The van der Waals surface area contributed by atoms with Crippen LogP contribution < -0.4 is 10.5 Å². The second-order valence-corrected chi connectivity index (χ2v) is 7.13. The van der Waals surface area contributed by atoms with Gasteiger partial charge < -0.3 is 5.73 Å². The first-order valence-corrected chi connectivity index (χ1v) is 9.18. The molecule has 5 nitrogen and oxygen atoms in total. The maximum absolute atomic E-state index is 12.5. The molecule has 0 amide bonds. The van der Waals surface area contributed by atoms with Gasteiger partial charge in [-0.25, -0.2) is 18.1 Å². The van der Waals surface area contributed by atoms with Crippen LogP contribution in [0.4, 0.5) is 5.69 Å². The molecule has 3 N–H and O–H groups in total. The van der Waals surface area contributed by atoms with Gasteiger partial charge in [0.25, 0.3) is 0 Å². The Labute approximate surface area is 129 Å². The van der Waals surface area contributed by atoms with E-state index in [1.807, 2.05) is 25.3 Å². The lowest BCUT2D eigenvalue weighted by atomic mass is 10.1. The Morgan fingerprint density at radius 2 is 2.05 bits per heavy atom. The summed E-state index contributed by atoms with van der Waals surface area (Å²) >= 11 is 1.44. The molecular weight excluding hydrogens is 306 g/mol. The zero-order chi connectivity index (χ0) is 15.5. The van der Waals surface area contributed by atoms with Crippen LogP contribution in [-0.2, 0) is 29.4 Å². The first-order valence-electron chi connectivity index (χ1n) is 6.76. The van der Waals surface area contributed by atoms with Gasteiger partial charge in [-0.3, -0.25) is 0 Å². The van der Waals surface area contributed by atoms with Crippen molar-refractivity contribution in [1.29, 1.82) is 0 Å². The SMILES string of the molecule is CCc1cc(N)c(CC)c(S(=O)(=O)NCc2cscn2)c1. The van der Waals surface area contributed by atoms with Crippen molar-refractivity contribution < 1.29 is 8.42 Å². The van der Waals surface area contributed by atoms with E-state index < -0.39 is 10.0 Å². The molecule has 1 aromatic heterocycles. The number of aromatic nitrogens is 1. The fourth-order valence-corrected chi connectivity index (χ4v) is 4.06. The summed E-state index contributed by atoms with van der Waals surface area (Å²) in [5.41, 5.74) is 10.5. The standard InChI is InChI=1S/C14H19N3O2S2/c1-3-10-5-13(15)12(4-2)14(6-10)21(18,19)17-7-11-8-20-9-16-11/h5-6,8-9,17H,3-4,7,15H2,1-2H3. The normalized spacial score (nSPS) is 11.7. The van der Waals surface area contributed by atoms with E-state index in [-0.39, 0.29) is 11.4 Å². The monoisotopic (exact) mass is 325 g/mol. The van der Waals surface area contributed by atoms with E-state index in [9.17, 15) is 8.42 Å². The molecular formula is C14H19N3O2S2. The van der Waals surface area contributed by atoms with E-state index in [2.05, 4.69) is 9.71 Å². The Balaban J connectivity index is 2.36. The largest absolute Gasteiger partial charge is 0.398 e. The zero-order valence-electron chi connectivity index (χ0n) is 12.1. The molecule has 0 atom stereocenters. The number of nitrogens with one attached hydrogen (secondary N) is 1. The fraction of sp³-hybridized carbons (Fsp3) is 0.357. The summed E-state index contributed by atoms with van der Waals surface area (Å²) in [6, 6.07) is 3.55. The van der Waals surface area contributed by atoms with Crippen LogP contribution >= 0.6 is 11.3 Å². The lowest BCUT2D eigenvalue weighted by Gasteiger charge is -2.14. The molecule has 0 saturated carbocycles. The van der Waals surface area contributed by atoms with E-state index >= 15 is 0 Å². The lowest BCUT2D eigenvalue weighted by molar-refractivity contribution is 0.579. The Bertz CT molecular complexity index is 710. The van der Waals surface area contributed by atoms with Gasteiger partial charge in [-0.1, -0.05) is 13.8 Å². The van der Waals surface area contributed by atoms with Gasteiger partial charge in [0.2, 0.25) is 10.0 Å². The summed E-state index contributed by atoms with van der Waals surface area (Å²) in [7, 11) is -3.60. The molecule has 0 radical (unpaired) electrons. The molecule has 0 aliphatic rings. The Morgan fingerprint density at radius 1 is 1.29 bits per heavy atom. The molecule has 2 rings (SSSR count). The maximum Gasteiger partial charge on any atom is 0.241 e. The van der Waals surface area contributed by atoms with Crippen LogP contribution in [0.2, 0.25) is 0 Å². The van der Waals surface area contributed by atoms with Crippen molar-refractivity contribution in [2.75, 3.05) is 5.73 Å². The van der Waals surface area contributed by atoms with Crippen molar-refractivity contribution in [3.8, 4) is 0 Å². The predicted molar refractivity (Wildman–Crippen MR) is 85.7 cm³/mol. The van der Waals surface area contributed by atoms with E-state index in [1.165, 1.54) is 11.3 Å². The quantitative estimate of drug-likeness (QED) is 0.798. The molecule has 1 heterocycles. The second kappa shape index (κ2) is 6.55. The van der Waals surface area contributed by atoms with Crippen LogP contribution in [0.3, 0.4) is 0 Å². The first-order chi connectivity index (χ1) is 9.97. The molecule has 0 unspecified atom stereocenters. The number of nitrogen functional groups attached to an aromatic ring is 1. The lowest BCUT2D eigenvalue weighted by Crippen LogP contribution is -2.25. The van der Waals surface area contributed by atoms with Gasteiger partial charge in [0.1, 0.15) is 0 Å². The number of anilines is 1. The van der Waals surface area contributed by atoms with E-state index in [4.69, 9.17) is 5.73 Å². The molecule has 0 spiro atoms. The number of hydrogen-bond acceptors (Lipinski definition) is 5. The van der Waals surface area contributed by atoms with Crippen molar-refractivity contribution in [3.05, 3.63) is 39.8 Å². The van der Waals surface area contributed by atoms with Crippen molar-refractivity contribution in [2.24, 2.45) is 0 Å². The van der Waals surface area contributed by atoms with Gasteiger partial charge in [-0.15, -0.1) is 11.3 Å².